The van der Waals surface area contributed by atoms with E-state index in [1.54, 1.807) is 55.5 Å². The number of rotatable bonds is 10. The lowest BCUT2D eigenvalue weighted by molar-refractivity contribution is -0.146. The maximum absolute atomic E-state index is 13.3. The molecule has 2 aromatic carbocycles. The molecular formula is C27H30F3N3O4. The van der Waals surface area contributed by atoms with Crippen molar-refractivity contribution in [1.29, 1.82) is 0 Å². The molecule has 7 nitrogen and oxygen atoms in total. The second-order valence-electron chi connectivity index (χ2n) is 9.06. The van der Waals surface area contributed by atoms with Gasteiger partial charge in [-0.15, -0.1) is 0 Å². The number of Topliss-reactive ketones (excluding diaryl/α,β-unsaturated/α-hetero) is 1. The first kappa shape index (κ1) is 28.0. The Bertz CT molecular complexity index is 1170. The number of carbonyl (C=O) groups is 3. The Hall–Kier alpha value is -3.53. The first-order valence-electron chi connectivity index (χ1n) is 12.1. The van der Waals surface area contributed by atoms with Gasteiger partial charge in [-0.2, -0.15) is 13.2 Å². The number of aliphatic imine (C=N–C) groups is 1. The van der Waals surface area contributed by atoms with Gasteiger partial charge in [0.05, 0.1) is 12.3 Å². The number of halogens is 3. The Morgan fingerprint density at radius 3 is 2.41 bits per heavy atom. The van der Waals surface area contributed by atoms with Crippen molar-refractivity contribution in [2.24, 2.45) is 22.6 Å². The van der Waals surface area contributed by atoms with Crippen LogP contribution in [0.5, 0.6) is 0 Å². The Morgan fingerprint density at radius 2 is 1.81 bits per heavy atom. The zero-order valence-corrected chi connectivity index (χ0v) is 20.4. The predicted octanol–water partition coefficient (Wildman–Crippen LogP) is 3.44. The molecule has 2 amide bonds. The number of benzene rings is 2. The molecule has 4 N–H and O–H groups in total. The number of amides is 2. The number of carbonyl (C=O) groups excluding carboxylic acids is 3. The highest BCUT2D eigenvalue weighted by molar-refractivity contribution is 6.16. The second kappa shape index (κ2) is 12.1. The summed E-state index contributed by atoms with van der Waals surface area (Å²) in [6, 6.07) is 14.1. The molecule has 198 valence electrons. The number of ketones is 1. The van der Waals surface area contributed by atoms with Crippen LogP contribution in [0.1, 0.15) is 54.9 Å². The van der Waals surface area contributed by atoms with Crippen LogP contribution in [0.3, 0.4) is 0 Å². The maximum Gasteiger partial charge on any atom is 0.389 e. The fraction of sp³-hybridized carbons (Fsp3) is 0.407. The second-order valence-corrected chi connectivity index (χ2v) is 9.06. The number of nitrogens with zero attached hydrogens (tertiary/aromatic N) is 1. The van der Waals surface area contributed by atoms with Gasteiger partial charge in [0.2, 0.25) is 11.8 Å². The summed E-state index contributed by atoms with van der Waals surface area (Å²) in [4.78, 5) is 43.2. The fourth-order valence-corrected chi connectivity index (χ4v) is 4.62. The number of aliphatic hydroxyl groups is 1. The van der Waals surface area contributed by atoms with Crippen molar-refractivity contribution in [1.82, 2.24) is 5.32 Å². The SMILES string of the molecule is CCC[C@H](C(N)=O)[C@@H](CCC(F)(F)F)C(=O)N[C@H]1N=C(c2ccccc2)c2cccc(CO)c2CC1=O. The van der Waals surface area contributed by atoms with Gasteiger partial charge in [0.1, 0.15) is 0 Å². The molecule has 1 heterocycles. The van der Waals surface area contributed by atoms with Crippen molar-refractivity contribution in [2.75, 3.05) is 0 Å². The number of primary amides is 1. The van der Waals surface area contributed by atoms with Crippen molar-refractivity contribution < 1.29 is 32.7 Å². The number of nitrogens with two attached hydrogens (primary N) is 1. The van der Waals surface area contributed by atoms with E-state index in [2.05, 4.69) is 10.3 Å². The molecule has 2 aromatic rings. The lowest BCUT2D eigenvalue weighted by Crippen LogP contribution is -2.47. The normalized spacial score (nSPS) is 17.3. The topological polar surface area (TPSA) is 122 Å². The molecule has 0 radical (unpaired) electrons. The van der Waals surface area contributed by atoms with Gasteiger partial charge in [-0.25, -0.2) is 0 Å². The molecule has 0 saturated carbocycles. The van der Waals surface area contributed by atoms with Gasteiger partial charge in [-0.3, -0.25) is 19.4 Å². The van der Waals surface area contributed by atoms with Gasteiger partial charge in [0.25, 0.3) is 0 Å². The average molecular weight is 518 g/mol. The number of fused-ring (bicyclic) bond motifs is 1. The molecule has 1 aliphatic rings. The standard InChI is InChI=1S/C27H30F3N3O4/c1-2-7-19(24(31)36)20(12-13-27(28,29)30)26(37)33-25-22(35)14-21-17(15-34)10-6-11-18(21)23(32-25)16-8-4-3-5-9-16/h3-6,8-11,19-20,25,34H,2,7,12-15H2,1H3,(H2,31,36)(H,33,37)/t19-,20+,25+/m0/s1. The summed E-state index contributed by atoms with van der Waals surface area (Å²) >= 11 is 0. The number of alkyl halides is 3. The molecule has 37 heavy (non-hydrogen) atoms. The van der Waals surface area contributed by atoms with Crippen molar-refractivity contribution in [3.8, 4) is 0 Å². The first-order chi connectivity index (χ1) is 17.6. The zero-order chi connectivity index (χ0) is 27.2. The van der Waals surface area contributed by atoms with Gasteiger partial charge in [-0.05, 0) is 24.0 Å². The van der Waals surface area contributed by atoms with E-state index in [1.807, 2.05) is 0 Å². The summed E-state index contributed by atoms with van der Waals surface area (Å²) in [6.45, 7) is 1.42. The van der Waals surface area contributed by atoms with Crippen LogP contribution in [-0.4, -0.2) is 40.8 Å². The molecular weight excluding hydrogens is 487 g/mol. The van der Waals surface area contributed by atoms with Crippen LogP contribution < -0.4 is 11.1 Å². The molecule has 0 aliphatic carbocycles. The smallest absolute Gasteiger partial charge is 0.389 e. The lowest BCUT2D eigenvalue weighted by atomic mass is 9.83. The Labute approximate surface area is 213 Å². The minimum absolute atomic E-state index is 0.133. The van der Waals surface area contributed by atoms with E-state index >= 15 is 0 Å². The number of hydrogen-bond acceptors (Lipinski definition) is 5. The van der Waals surface area contributed by atoms with Crippen LogP contribution in [0.15, 0.2) is 53.5 Å². The molecule has 0 bridgehead atoms. The lowest BCUT2D eigenvalue weighted by Gasteiger charge is -2.25. The molecule has 1 aliphatic heterocycles. The number of aliphatic hydroxyl groups excluding tert-OH is 1. The molecule has 0 fully saturated rings. The van der Waals surface area contributed by atoms with Crippen molar-refractivity contribution in [3.05, 3.63) is 70.8 Å². The Balaban J connectivity index is 2.01. The quantitative estimate of drug-likeness (QED) is 0.447. The van der Waals surface area contributed by atoms with Crippen LogP contribution in [0, 0.1) is 11.8 Å². The molecule has 3 atom stereocenters. The summed E-state index contributed by atoms with van der Waals surface area (Å²) in [5.41, 5.74) is 8.20. The first-order valence-corrected chi connectivity index (χ1v) is 12.1. The van der Waals surface area contributed by atoms with Gasteiger partial charge < -0.3 is 16.2 Å². The summed E-state index contributed by atoms with van der Waals surface area (Å²) in [7, 11) is 0. The number of hydrogen-bond donors (Lipinski definition) is 3. The van der Waals surface area contributed by atoms with E-state index in [0.717, 1.165) is 0 Å². The molecule has 0 spiro atoms. The van der Waals surface area contributed by atoms with E-state index in [4.69, 9.17) is 5.73 Å². The van der Waals surface area contributed by atoms with Crippen LogP contribution in [-0.2, 0) is 27.4 Å². The largest absolute Gasteiger partial charge is 0.392 e. The van der Waals surface area contributed by atoms with E-state index in [9.17, 15) is 32.7 Å². The summed E-state index contributed by atoms with van der Waals surface area (Å²) in [5.74, 6) is -4.75. The third kappa shape index (κ3) is 7.03. The predicted molar refractivity (Wildman–Crippen MR) is 131 cm³/mol. The molecule has 0 unspecified atom stereocenters. The average Bonchev–Trinajstić information content (AvgIpc) is 2.99. The molecule has 3 rings (SSSR count). The van der Waals surface area contributed by atoms with Crippen LogP contribution in [0.25, 0.3) is 0 Å². The summed E-state index contributed by atoms with van der Waals surface area (Å²) in [6.07, 6.45) is -7.45. The summed E-state index contributed by atoms with van der Waals surface area (Å²) < 4.78 is 39.1. The molecule has 0 saturated heterocycles. The molecule has 10 heteroatoms. The zero-order valence-electron chi connectivity index (χ0n) is 20.4. The van der Waals surface area contributed by atoms with Crippen LogP contribution in [0.4, 0.5) is 13.2 Å². The minimum Gasteiger partial charge on any atom is -0.392 e. The Kier molecular flexibility index (Phi) is 9.20. The van der Waals surface area contributed by atoms with Gasteiger partial charge >= 0.3 is 6.18 Å². The van der Waals surface area contributed by atoms with Crippen molar-refractivity contribution in [3.63, 3.8) is 0 Å². The highest BCUT2D eigenvalue weighted by Crippen LogP contribution is 2.30. The van der Waals surface area contributed by atoms with Crippen molar-refractivity contribution in [2.45, 2.75) is 58.0 Å². The van der Waals surface area contributed by atoms with E-state index in [1.165, 1.54) is 0 Å². The number of nitrogens with one attached hydrogen (secondary N) is 1. The maximum atomic E-state index is 13.3. The van der Waals surface area contributed by atoms with Crippen LogP contribution in [0.2, 0.25) is 0 Å². The molecule has 0 aromatic heterocycles. The monoisotopic (exact) mass is 517 g/mol. The highest BCUT2D eigenvalue weighted by Gasteiger charge is 2.38. The van der Waals surface area contributed by atoms with Gasteiger partial charge in [0.15, 0.2) is 11.9 Å². The van der Waals surface area contributed by atoms with Crippen molar-refractivity contribution >= 4 is 23.3 Å². The minimum atomic E-state index is -4.54. The van der Waals surface area contributed by atoms with E-state index in [-0.39, 0.29) is 19.4 Å². The van der Waals surface area contributed by atoms with Crippen LogP contribution >= 0.6 is 0 Å². The van der Waals surface area contributed by atoms with Gasteiger partial charge in [-0.1, -0.05) is 61.9 Å². The Morgan fingerprint density at radius 1 is 1.11 bits per heavy atom. The third-order valence-corrected chi connectivity index (χ3v) is 6.47. The third-order valence-electron chi connectivity index (χ3n) is 6.47. The van der Waals surface area contributed by atoms with Gasteiger partial charge in [0, 0.05) is 35.8 Å². The highest BCUT2D eigenvalue weighted by atomic mass is 19.4. The van der Waals surface area contributed by atoms with E-state index < -0.39 is 54.6 Å². The summed E-state index contributed by atoms with van der Waals surface area (Å²) in [5, 5.41) is 12.3. The fourth-order valence-electron chi connectivity index (χ4n) is 4.62. The van der Waals surface area contributed by atoms with E-state index in [0.29, 0.717) is 34.4 Å².